The van der Waals surface area contributed by atoms with Gasteiger partial charge in [0, 0.05) is 62.0 Å². The minimum absolute atomic E-state index is 0.315. The first-order valence-corrected chi connectivity index (χ1v) is 34.8. The largest absolute Gasteiger partial charge is 0.309 e. The lowest BCUT2D eigenvalue weighted by Crippen LogP contribution is -2.38. The van der Waals surface area contributed by atoms with Crippen molar-refractivity contribution in [3.63, 3.8) is 0 Å². The number of benzene rings is 13. The third kappa shape index (κ3) is 7.94. The Labute approximate surface area is 558 Å². The SMILES string of the molecule is CC1(C)c2cc(-c3ccccc3)ccc2N2c3ccc(-c4ccccc4)cc3C(C)(C)c3cc(-c4ccc(-c5cc6c7c(c5)C(C)(C)c5cc(-c8ccc9sc%10ccccc%10c9c8)ccc5N7c5ccc(-c7ccc8sc9ccccc9c8c7)cc5C6(C)C)cc4)cc1c32. The van der Waals surface area contributed by atoms with Crippen molar-refractivity contribution in [1.82, 2.24) is 0 Å². The van der Waals surface area contributed by atoms with Crippen LogP contribution in [-0.2, 0) is 21.7 Å². The second-order valence-corrected chi connectivity index (χ2v) is 31.0. The fourth-order valence-corrected chi connectivity index (χ4v) is 19.1. The molecule has 15 aromatic rings. The van der Waals surface area contributed by atoms with Gasteiger partial charge in [0.1, 0.15) is 0 Å². The average Bonchev–Trinajstić information content (AvgIpc) is 0.866. The second-order valence-electron chi connectivity index (χ2n) is 28.9. The molecule has 0 fully saturated rings. The summed E-state index contributed by atoms with van der Waals surface area (Å²) in [5.74, 6) is 0. The molecule has 6 heterocycles. The zero-order chi connectivity index (χ0) is 63.3. The number of fused-ring (bicyclic) bond motifs is 14. The molecule has 0 amide bonds. The summed E-state index contributed by atoms with van der Waals surface area (Å²) in [5.41, 5.74) is 31.8. The van der Waals surface area contributed by atoms with Crippen LogP contribution in [0.1, 0.15) is 99.9 Å². The summed E-state index contributed by atoms with van der Waals surface area (Å²) in [6, 6.07) is 102. The third-order valence-electron chi connectivity index (χ3n) is 22.2. The standard InChI is InChI=1S/C90H68N2S2/c1-87(2)69-45-59(53-19-11-9-12-20-53)31-37-77(69)91-78-38-32-60(54-21-13-10-14-22-54)46-70(78)88(3,4)74-50-63(49-73(87)85(74)91)55-27-29-56(30-28-55)64-51-75-86-76(52-64)90(7,8)72-48-62(58-36-42-84-68(44-58)66-24-16-18-26-82(66)94-84)34-40-80(72)92(86)79-39-33-61(47-71(79)89(75,5)6)57-35-41-83-67(43-57)65-23-15-17-25-81(65)93-83/h9-52H,1-8H3. The normalized spacial score (nSPS) is 15.5. The summed E-state index contributed by atoms with van der Waals surface area (Å²) in [6.45, 7) is 19.7. The van der Waals surface area contributed by atoms with Gasteiger partial charge in [0.05, 0.1) is 34.1 Å². The lowest BCUT2D eigenvalue weighted by Gasteiger charge is -2.50. The summed E-state index contributed by atoms with van der Waals surface area (Å²) in [4.78, 5) is 5.23. The van der Waals surface area contributed by atoms with Crippen LogP contribution in [0.25, 0.3) is 107 Å². The monoisotopic (exact) mass is 1240 g/mol. The molecule has 2 aromatic heterocycles. The summed E-state index contributed by atoms with van der Waals surface area (Å²) >= 11 is 3.76. The number of thiophene rings is 2. The van der Waals surface area contributed by atoms with E-state index in [0.29, 0.717) is 0 Å². The van der Waals surface area contributed by atoms with Crippen LogP contribution in [0.5, 0.6) is 0 Å². The molecule has 4 heteroatoms. The molecule has 0 atom stereocenters. The van der Waals surface area contributed by atoms with Crippen LogP contribution in [0, 0.1) is 0 Å². The smallest absolute Gasteiger partial charge is 0.0544 e. The van der Waals surface area contributed by atoms with Crippen molar-refractivity contribution < 1.29 is 0 Å². The Hall–Kier alpha value is -10.1. The van der Waals surface area contributed by atoms with Crippen LogP contribution >= 0.6 is 22.7 Å². The van der Waals surface area contributed by atoms with E-state index >= 15 is 0 Å². The fraction of sp³-hybridized carbons (Fsp3) is 0.133. The van der Waals surface area contributed by atoms with E-state index in [0.717, 1.165) is 0 Å². The van der Waals surface area contributed by atoms with Crippen LogP contribution in [0.3, 0.4) is 0 Å². The van der Waals surface area contributed by atoms with Gasteiger partial charge < -0.3 is 9.80 Å². The highest BCUT2D eigenvalue weighted by Gasteiger charge is 2.48. The van der Waals surface area contributed by atoms with Gasteiger partial charge in [-0.05, 0) is 220 Å². The first kappa shape index (κ1) is 55.5. The van der Waals surface area contributed by atoms with Gasteiger partial charge in [-0.2, -0.15) is 0 Å². The molecule has 2 nitrogen and oxygen atoms in total. The molecule has 4 aliphatic rings. The van der Waals surface area contributed by atoms with Crippen LogP contribution in [-0.4, -0.2) is 0 Å². The van der Waals surface area contributed by atoms with E-state index in [1.165, 1.54) is 186 Å². The topological polar surface area (TPSA) is 6.48 Å². The quantitative estimate of drug-likeness (QED) is 0.164. The van der Waals surface area contributed by atoms with Gasteiger partial charge in [-0.15, -0.1) is 22.7 Å². The van der Waals surface area contributed by atoms with Crippen molar-refractivity contribution >= 4 is 97.1 Å². The summed E-state index contributed by atoms with van der Waals surface area (Å²) in [5, 5.41) is 5.29. The number of anilines is 6. The molecule has 0 saturated heterocycles. The molecule has 94 heavy (non-hydrogen) atoms. The summed E-state index contributed by atoms with van der Waals surface area (Å²) < 4.78 is 5.31. The molecular formula is C90H68N2S2. The highest BCUT2D eigenvalue weighted by Crippen LogP contribution is 2.64. The van der Waals surface area contributed by atoms with Crippen molar-refractivity contribution in [1.29, 1.82) is 0 Å². The number of nitrogens with zero attached hydrogens (tertiary/aromatic N) is 2. The second kappa shape index (κ2) is 19.7. The summed E-state index contributed by atoms with van der Waals surface area (Å²) in [6.07, 6.45) is 0. The zero-order valence-electron chi connectivity index (χ0n) is 54.1. The maximum Gasteiger partial charge on any atom is 0.0544 e. The molecule has 0 N–H and O–H groups in total. The van der Waals surface area contributed by atoms with Gasteiger partial charge in [0.25, 0.3) is 0 Å². The van der Waals surface area contributed by atoms with Gasteiger partial charge in [-0.3, -0.25) is 0 Å². The van der Waals surface area contributed by atoms with Crippen LogP contribution in [0.2, 0.25) is 0 Å². The van der Waals surface area contributed by atoms with Crippen LogP contribution in [0.4, 0.5) is 34.1 Å². The molecule has 450 valence electrons. The molecule has 19 rings (SSSR count). The van der Waals surface area contributed by atoms with E-state index in [1.54, 1.807) is 0 Å². The van der Waals surface area contributed by atoms with E-state index in [9.17, 15) is 0 Å². The fourth-order valence-electron chi connectivity index (χ4n) is 16.9. The lowest BCUT2D eigenvalue weighted by atomic mass is 9.65. The van der Waals surface area contributed by atoms with E-state index in [1.807, 2.05) is 22.7 Å². The molecule has 0 aliphatic carbocycles. The minimum Gasteiger partial charge on any atom is -0.309 e. The Morgan fingerprint density at radius 2 is 0.447 bits per heavy atom. The first-order valence-electron chi connectivity index (χ1n) is 33.2. The lowest BCUT2D eigenvalue weighted by molar-refractivity contribution is 0.597. The number of hydrogen-bond donors (Lipinski definition) is 0. The van der Waals surface area contributed by atoms with Gasteiger partial charge in [0.2, 0.25) is 0 Å². The molecular weight excluding hydrogens is 1170 g/mol. The molecule has 0 radical (unpaired) electrons. The van der Waals surface area contributed by atoms with E-state index in [4.69, 9.17) is 0 Å². The first-order chi connectivity index (χ1) is 45.6. The van der Waals surface area contributed by atoms with Gasteiger partial charge >= 0.3 is 0 Å². The Balaban J connectivity index is 0.767. The summed E-state index contributed by atoms with van der Waals surface area (Å²) in [7, 11) is 0. The Bertz CT molecular complexity index is 5410. The van der Waals surface area contributed by atoms with Crippen LogP contribution in [0.15, 0.2) is 267 Å². The Kier molecular flexibility index (Phi) is 11.7. The minimum atomic E-state index is -0.355. The van der Waals surface area contributed by atoms with Crippen LogP contribution < -0.4 is 9.80 Å². The zero-order valence-corrected chi connectivity index (χ0v) is 55.7. The highest BCUT2D eigenvalue weighted by molar-refractivity contribution is 7.26. The third-order valence-corrected chi connectivity index (χ3v) is 24.5. The van der Waals surface area contributed by atoms with Gasteiger partial charge in [-0.1, -0.05) is 213 Å². The molecule has 0 saturated carbocycles. The van der Waals surface area contributed by atoms with E-state index in [2.05, 4.69) is 332 Å². The maximum atomic E-state index is 2.63. The maximum absolute atomic E-state index is 2.63. The van der Waals surface area contributed by atoms with Crippen molar-refractivity contribution in [2.75, 3.05) is 9.80 Å². The Morgan fingerprint density at radius 3 is 0.787 bits per heavy atom. The van der Waals surface area contributed by atoms with Crippen molar-refractivity contribution in [3.05, 3.63) is 311 Å². The highest BCUT2D eigenvalue weighted by atomic mass is 32.1. The predicted molar refractivity (Wildman–Crippen MR) is 403 cm³/mol. The van der Waals surface area contributed by atoms with Gasteiger partial charge in [0.15, 0.2) is 0 Å². The number of rotatable bonds is 6. The van der Waals surface area contributed by atoms with Crippen molar-refractivity contribution in [2.45, 2.75) is 77.0 Å². The Morgan fingerprint density at radius 1 is 0.202 bits per heavy atom. The molecule has 13 aromatic carbocycles. The predicted octanol–water partition coefficient (Wildman–Crippen LogP) is 25.9. The molecule has 4 aliphatic heterocycles. The number of hydrogen-bond acceptors (Lipinski definition) is 4. The van der Waals surface area contributed by atoms with Gasteiger partial charge in [-0.25, -0.2) is 0 Å². The van der Waals surface area contributed by atoms with Crippen molar-refractivity contribution in [2.24, 2.45) is 0 Å². The molecule has 0 bridgehead atoms. The van der Waals surface area contributed by atoms with Crippen molar-refractivity contribution in [3.8, 4) is 66.8 Å². The van der Waals surface area contributed by atoms with E-state index < -0.39 is 0 Å². The van der Waals surface area contributed by atoms with E-state index in [-0.39, 0.29) is 21.7 Å². The average molecular weight is 1240 g/mol. The molecule has 0 spiro atoms. The molecule has 0 unspecified atom stereocenters.